The van der Waals surface area contributed by atoms with Crippen LogP contribution in [0.3, 0.4) is 0 Å². The number of benzene rings is 1. The molecule has 4 rings (SSSR count). The van der Waals surface area contributed by atoms with E-state index in [1.54, 1.807) is 6.33 Å². The van der Waals surface area contributed by atoms with Gasteiger partial charge in [-0.05, 0) is 56.8 Å². The SMILES string of the molecule is Cc1ccccc1CN1CCC(c2cc(N3CCCC3)ncn2)CC1. The molecule has 0 saturated carbocycles. The first-order valence-electron chi connectivity index (χ1n) is 9.63. The predicted octanol–water partition coefficient (Wildman–Crippen LogP) is 3.76. The Bertz CT molecular complexity index is 701. The number of aromatic nitrogens is 2. The number of hydrogen-bond acceptors (Lipinski definition) is 4. The van der Waals surface area contributed by atoms with Crippen LogP contribution >= 0.6 is 0 Å². The summed E-state index contributed by atoms with van der Waals surface area (Å²) in [6.07, 6.45) is 6.74. The lowest BCUT2D eigenvalue weighted by Crippen LogP contribution is -2.33. The van der Waals surface area contributed by atoms with E-state index in [0.29, 0.717) is 5.92 Å². The van der Waals surface area contributed by atoms with Crippen molar-refractivity contribution in [2.75, 3.05) is 31.1 Å². The molecule has 132 valence electrons. The summed E-state index contributed by atoms with van der Waals surface area (Å²) in [6.45, 7) is 7.88. The van der Waals surface area contributed by atoms with Gasteiger partial charge in [-0.15, -0.1) is 0 Å². The highest BCUT2D eigenvalue weighted by Gasteiger charge is 2.23. The van der Waals surface area contributed by atoms with Crippen molar-refractivity contribution in [3.8, 4) is 0 Å². The molecule has 0 N–H and O–H groups in total. The summed E-state index contributed by atoms with van der Waals surface area (Å²) in [7, 11) is 0. The van der Waals surface area contributed by atoms with E-state index >= 15 is 0 Å². The second kappa shape index (κ2) is 7.52. The zero-order chi connectivity index (χ0) is 17.1. The first-order valence-corrected chi connectivity index (χ1v) is 9.63. The molecular weight excluding hydrogens is 308 g/mol. The van der Waals surface area contributed by atoms with Crippen molar-refractivity contribution in [2.45, 2.75) is 45.1 Å². The molecule has 2 saturated heterocycles. The van der Waals surface area contributed by atoms with Gasteiger partial charge in [-0.2, -0.15) is 0 Å². The van der Waals surface area contributed by atoms with Crippen LogP contribution in [0.25, 0.3) is 0 Å². The van der Waals surface area contributed by atoms with Gasteiger partial charge < -0.3 is 4.90 Å². The van der Waals surface area contributed by atoms with Crippen LogP contribution < -0.4 is 4.90 Å². The zero-order valence-corrected chi connectivity index (χ0v) is 15.2. The lowest BCUT2D eigenvalue weighted by atomic mass is 9.92. The highest BCUT2D eigenvalue weighted by Crippen LogP contribution is 2.29. The van der Waals surface area contributed by atoms with Gasteiger partial charge in [0.05, 0.1) is 0 Å². The standard InChI is InChI=1S/C21H28N4/c1-17-6-2-3-7-19(17)15-24-12-8-18(9-13-24)20-14-21(23-16-22-20)25-10-4-5-11-25/h2-3,6-7,14,16,18H,4-5,8-13,15H2,1H3. The van der Waals surface area contributed by atoms with E-state index in [9.17, 15) is 0 Å². The average Bonchev–Trinajstić information content (AvgIpc) is 3.19. The number of likely N-dealkylation sites (tertiary alicyclic amines) is 1. The van der Waals surface area contributed by atoms with Gasteiger partial charge in [0.1, 0.15) is 12.1 Å². The third-order valence-corrected chi connectivity index (χ3v) is 5.76. The van der Waals surface area contributed by atoms with E-state index in [1.165, 1.54) is 42.5 Å². The van der Waals surface area contributed by atoms with E-state index < -0.39 is 0 Å². The molecule has 0 spiro atoms. The Morgan fingerprint density at radius 3 is 2.52 bits per heavy atom. The summed E-state index contributed by atoms with van der Waals surface area (Å²) >= 11 is 0. The highest BCUT2D eigenvalue weighted by atomic mass is 15.2. The van der Waals surface area contributed by atoms with Crippen LogP contribution in [0.15, 0.2) is 36.7 Å². The second-order valence-corrected chi connectivity index (χ2v) is 7.47. The minimum absolute atomic E-state index is 0.581. The molecule has 4 nitrogen and oxygen atoms in total. The number of hydrogen-bond donors (Lipinski definition) is 0. The monoisotopic (exact) mass is 336 g/mol. The summed E-state index contributed by atoms with van der Waals surface area (Å²) in [5.74, 6) is 1.71. The highest BCUT2D eigenvalue weighted by molar-refractivity contribution is 5.40. The molecule has 0 radical (unpaired) electrons. The third kappa shape index (κ3) is 3.84. The fourth-order valence-electron chi connectivity index (χ4n) is 4.12. The molecule has 0 bridgehead atoms. The van der Waals surface area contributed by atoms with Crippen LogP contribution in [-0.4, -0.2) is 41.0 Å². The molecule has 0 unspecified atom stereocenters. The third-order valence-electron chi connectivity index (χ3n) is 5.76. The van der Waals surface area contributed by atoms with Gasteiger partial charge >= 0.3 is 0 Å². The van der Waals surface area contributed by atoms with Gasteiger partial charge in [-0.1, -0.05) is 24.3 Å². The Labute approximate surface area is 150 Å². The number of nitrogens with zero attached hydrogens (tertiary/aromatic N) is 4. The number of piperidine rings is 1. The molecule has 3 heterocycles. The Hall–Kier alpha value is -1.94. The molecule has 2 aliphatic heterocycles. The Morgan fingerprint density at radius 2 is 1.76 bits per heavy atom. The molecule has 1 aromatic heterocycles. The summed E-state index contributed by atoms with van der Waals surface area (Å²) < 4.78 is 0. The Morgan fingerprint density at radius 1 is 1.00 bits per heavy atom. The maximum Gasteiger partial charge on any atom is 0.132 e. The van der Waals surface area contributed by atoms with Crippen molar-refractivity contribution in [1.29, 1.82) is 0 Å². The molecule has 2 fully saturated rings. The molecule has 0 amide bonds. The van der Waals surface area contributed by atoms with Crippen molar-refractivity contribution in [3.05, 3.63) is 53.5 Å². The first-order chi connectivity index (χ1) is 12.3. The van der Waals surface area contributed by atoms with E-state index in [1.807, 2.05) is 0 Å². The summed E-state index contributed by atoms with van der Waals surface area (Å²) in [6, 6.07) is 11.0. The quantitative estimate of drug-likeness (QED) is 0.851. The molecule has 25 heavy (non-hydrogen) atoms. The van der Waals surface area contributed by atoms with Crippen molar-refractivity contribution in [3.63, 3.8) is 0 Å². The fourth-order valence-corrected chi connectivity index (χ4v) is 4.12. The van der Waals surface area contributed by atoms with Crippen LogP contribution in [0.2, 0.25) is 0 Å². The lowest BCUT2D eigenvalue weighted by Gasteiger charge is -2.32. The van der Waals surface area contributed by atoms with Gasteiger partial charge in [0.2, 0.25) is 0 Å². The van der Waals surface area contributed by atoms with E-state index in [2.05, 4.69) is 57.0 Å². The normalized spacial score (nSPS) is 19.5. The van der Waals surface area contributed by atoms with Gasteiger partial charge in [-0.25, -0.2) is 9.97 Å². The topological polar surface area (TPSA) is 32.3 Å². The number of aryl methyl sites for hydroxylation is 1. The molecular formula is C21H28N4. The predicted molar refractivity (Wildman–Crippen MR) is 102 cm³/mol. The van der Waals surface area contributed by atoms with E-state index in [0.717, 1.165) is 38.5 Å². The van der Waals surface area contributed by atoms with Gasteiger partial charge in [0, 0.05) is 37.3 Å². The molecule has 2 aromatic rings. The largest absolute Gasteiger partial charge is 0.357 e. The molecule has 1 aromatic carbocycles. The van der Waals surface area contributed by atoms with Crippen molar-refractivity contribution < 1.29 is 0 Å². The average molecular weight is 336 g/mol. The molecule has 4 heteroatoms. The molecule has 0 aliphatic carbocycles. The summed E-state index contributed by atoms with van der Waals surface area (Å²) in [4.78, 5) is 14.1. The maximum absolute atomic E-state index is 4.60. The molecule has 2 aliphatic rings. The van der Waals surface area contributed by atoms with Gasteiger partial charge in [0.15, 0.2) is 0 Å². The number of anilines is 1. The fraction of sp³-hybridized carbons (Fsp3) is 0.524. The van der Waals surface area contributed by atoms with Crippen LogP contribution in [-0.2, 0) is 6.54 Å². The van der Waals surface area contributed by atoms with Crippen LogP contribution in [0.5, 0.6) is 0 Å². The van der Waals surface area contributed by atoms with Crippen LogP contribution in [0, 0.1) is 6.92 Å². The molecule has 0 atom stereocenters. The van der Waals surface area contributed by atoms with Crippen LogP contribution in [0.1, 0.15) is 48.4 Å². The summed E-state index contributed by atoms with van der Waals surface area (Å²) in [5.41, 5.74) is 4.10. The second-order valence-electron chi connectivity index (χ2n) is 7.47. The Balaban J connectivity index is 1.37. The minimum atomic E-state index is 0.581. The lowest BCUT2D eigenvalue weighted by molar-refractivity contribution is 0.203. The smallest absolute Gasteiger partial charge is 0.132 e. The summed E-state index contributed by atoms with van der Waals surface area (Å²) in [5, 5.41) is 0. The van der Waals surface area contributed by atoms with E-state index in [-0.39, 0.29) is 0 Å². The van der Waals surface area contributed by atoms with Gasteiger partial charge in [-0.3, -0.25) is 4.90 Å². The van der Waals surface area contributed by atoms with Crippen LogP contribution in [0.4, 0.5) is 5.82 Å². The zero-order valence-electron chi connectivity index (χ0n) is 15.2. The van der Waals surface area contributed by atoms with Crippen molar-refractivity contribution in [2.24, 2.45) is 0 Å². The number of rotatable bonds is 4. The van der Waals surface area contributed by atoms with Gasteiger partial charge in [0.25, 0.3) is 0 Å². The van der Waals surface area contributed by atoms with Crippen molar-refractivity contribution in [1.82, 2.24) is 14.9 Å². The first kappa shape index (κ1) is 16.5. The minimum Gasteiger partial charge on any atom is -0.357 e. The van der Waals surface area contributed by atoms with E-state index in [4.69, 9.17) is 0 Å². The maximum atomic E-state index is 4.60. The Kier molecular flexibility index (Phi) is 4.97. The van der Waals surface area contributed by atoms with Crippen molar-refractivity contribution >= 4 is 5.82 Å².